The summed E-state index contributed by atoms with van der Waals surface area (Å²) in [5.74, 6) is 0.385. The highest BCUT2D eigenvalue weighted by Crippen LogP contribution is 2.39. The Balaban J connectivity index is 1.96. The van der Waals surface area contributed by atoms with Gasteiger partial charge in [-0.2, -0.15) is 13.2 Å². The van der Waals surface area contributed by atoms with Gasteiger partial charge in [-0.15, -0.1) is 0 Å². The SMILES string of the molecule is CC(C)CN1C(=O)C(C)(C)COc2cc(NS(=O)(=O)c3cccc(C(F)(F)F)c3)ccc21. The summed E-state index contributed by atoms with van der Waals surface area (Å²) in [6.07, 6.45) is -4.66. The third kappa shape index (κ3) is 5.01. The van der Waals surface area contributed by atoms with E-state index < -0.39 is 32.1 Å². The maximum absolute atomic E-state index is 13.0. The zero-order chi connectivity index (χ0) is 23.9. The first-order valence-corrected chi connectivity index (χ1v) is 11.5. The van der Waals surface area contributed by atoms with Crippen molar-refractivity contribution in [2.24, 2.45) is 11.3 Å². The molecule has 0 fully saturated rings. The summed E-state index contributed by atoms with van der Waals surface area (Å²) in [5, 5.41) is 0. The molecule has 0 bridgehead atoms. The Labute approximate surface area is 185 Å². The molecule has 0 saturated carbocycles. The molecule has 0 aliphatic carbocycles. The summed E-state index contributed by atoms with van der Waals surface area (Å²) >= 11 is 0. The van der Waals surface area contributed by atoms with Crippen LogP contribution in [-0.2, 0) is 21.0 Å². The number of sulfonamides is 1. The van der Waals surface area contributed by atoms with Crippen molar-refractivity contribution in [2.75, 3.05) is 22.8 Å². The van der Waals surface area contributed by atoms with Crippen molar-refractivity contribution in [1.29, 1.82) is 0 Å². The number of anilines is 2. The average Bonchev–Trinajstić information content (AvgIpc) is 2.77. The van der Waals surface area contributed by atoms with Crippen molar-refractivity contribution in [2.45, 2.75) is 38.8 Å². The van der Waals surface area contributed by atoms with Gasteiger partial charge in [0.25, 0.3) is 10.0 Å². The Kier molecular flexibility index (Phi) is 6.21. The zero-order valence-electron chi connectivity index (χ0n) is 18.2. The number of nitrogens with zero attached hydrogens (tertiary/aromatic N) is 1. The minimum atomic E-state index is -4.66. The lowest BCUT2D eigenvalue weighted by atomic mass is 9.92. The number of hydrogen-bond donors (Lipinski definition) is 1. The van der Waals surface area contributed by atoms with Crippen LogP contribution in [0.25, 0.3) is 0 Å². The molecule has 0 radical (unpaired) electrons. The Morgan fingerprint density at radius 3 is 2.47 bits per heavy atom. The molecule has 0 unspecified atom stereocenters. The molecule has 0 atom stereocenters. The number of carbonyl (C=O) groups is 1. The highest BCUT2D eigenvalue weighted by molar-refractivity contribution is 7.92. The highest BCUT2D eigenvalue weighted by atomic mass is 32.2. The van der Waals surface area contributed by atoms with Gasteiger partial charge in [-0.05, 0) is 50.1 Å². The molecule has 1 amide bonds. The molecule has 0 aromatic heterocycles. The summed E-state index contributed by atoms with van der Waals surface area (Å²) in [4.78, 5) is 14.1. The van der Waals surface area contributed by atoms with Gasteiger partial charge in [0, 0.05) is 12.6 Å². The number of rotatable bonds is 5. The van der Waals surface area contributed by atoms with Crippen LogP contribution < -0.4 is 14.4 Å². The van der Waals surface area contributed by atoms with Gasteiger partial charge >= 0.3 is 6.18 Å². The first kappa shape index (κ1) is 23.9. The summed E-state index contributed by atoms with van der Waals surface area (Å²) in [7, 11) is -4.28. The number of halogens is 3. The fourth-order valence-electron chi connectivity index (χ4n) is 3.31. The molecule has 1 aliphatic rings. The number of nitrogens with one attached hydrogen (secondary N) is 1. The quantitative estimate of drug-likeness (QED) is 0.674. The minimum absolute atomic E-state index is 0.0945. The van der Waals surface area contributed by atoms with Gasteiger partial charge in [-0.25, -0.2) is 8.42 Å². The molecular formula is C22H25F3N2O4S. The number of benzene rings is 2. The molecule has 3 rings (SSSR count). The monoisotopic (exact) mass is 470 g/mol. The van der Waals surface area contributed by atoms with Crippen LogP contribution in [0.5, 0.6) is 5.75 Å². The van der Waals surface area contributed by atoms with Crippen LogP contribution in [0.2, 0.25) is 0 Å². The van der Waals surface area contributed by atoms with E-state index >= 15 is 0 Å². The van der Waals surface area contributed by atoms with E-state index in [-0.39, 0.29) is 24.1 Å². The molecule has 1 aliphatic heterocycles. The first-order valence-electron chi connectivity index (χ1n) is 9.99. The Hall–Kier alpha value is -2.75. The molecule has 32 heavy (non-hydrogen) atoms. The maximum atomic E-state index is 13.0. The van der Waals surface area contributed by atoms with Crippen LogP contribution in [-0.4, -0.2) is 27.5 Å². The highest BCUT2D eigenvalue weighted by Gasteiger charge is 2.38. The fraction of sp³-hybridized carbons (Fsp3) is 0.409. The smallest absolute Gasteiger partial charge is 0.416 e. The van der Waals surface area contributed by atoms with E-state index in [4.69, 9.17) is 4.74 Å². The number of amides is 1. The molecular weight excluding hydrogens is 445 g/mol. The Morgan fingerprint density at radius 2 is 1.84 bits per heavy atom. The van der Waals surface area contributed by atoms with Gasteiger partial charge in [-0.3, -0.25) is 9.52 Å². The van der Waals surface area contributed by atoms with E-state index in [9.17, 15) is 26.4 Å². The minimum Gasteiger partial charge on any atom is -0.490 e. The van der Waals surface area contributed by atoms with Crippen LogP contribution in [0.15, 0.2) is 47.4 Å². The van der Waals surface area contributed by atoms with Gasteiger partial charge in [0.15, 0.2) is 0 Å². The molecule has 0 saturated heterocycles. The summed E-state index contributed by atoms with van der Waals surface area (Å²) in [5.41, 5.74) is -1.23. The van der Waals surface area contributed by atoms with Gasteiger partial charge in [-0.1, -0.05) is 19.9 Å². The van der Waals surface area contributed by atoms with Gasteiger partial charge in [0.2, 0.25) is 5.91 Å². The van der Waals surface area contributed by atoms with E-state index in [1.54, 1.807) is 24.8 Å². The van der Waals surface area contributed by atoms with Gasteiger partial charge < -0.3 is 9.64 Å². The van der Waals surface area contributed by atoms with E-state index in [1.165, 1.54) is 12.1 Å². The van der Waals surface area contributed by atoms with Gasteiger partial charge in [0.1, 0.15) is 12.4 Å². The third-order valence-corrected chi connectivity index (χ3v) is 6.31. The van der Waals surface area contributed by atoms with E-state index in [0.717, 1.165) is 18.2 Å². The second-order valence-electron chi connectivity index (χ2n) is 8.80. The predicted molar refractivity (Wildman–Crippen MR) is 115 cm³/mol. The van der Waals surface area contributed by atoms with Crippen LogP contribution in [0.1, 0.15) is 33.3 Å². The fourth-order valence-corrected chi connectivity index (χ4v) is 4.41. The Morgan fingerprint density at radius 1 is 1.16 bits per heavy atom. The second-order valence-corrected chi connectivity index (χ2v) is 10.5. The first-order chi connectivity index (χ1) is 14.7. The van der Waals surface area contributed by atoms with Crippen molar-refractivity contribution in [3.8, 4) is 5.75 Å². The molecule has 174 valence electrons. The van der Waals surface area contributed by atoms with Gasteiger partial charge in [0.05, 0.1) is 27.2 Å². The summed E-state index contributed by atoms with van der Waals surface area (Å²) in [6, 6.07) is 7.96. The second kappa shape index (κ2) is 8.31. The lowest BCUT2D eigenvalue weighted by Crippen LogP contribution is -2.43. The number of carbonyl (C=O) groups excluding carboxylic acids is 1. The van der Waals surface area contributed by atoms with Crippen LogP contribution >= 0.6 is 0 Å². The third-order valence-electron chi connectivity index (χ3n) is 4.93. The molecule has 10 heteroatoms. The molecule has 2 aromatic rings. The lowest BCUT2D eigenvalue weighted by Gasteiger charge is -2.29. The average molecular weight is 471 g/mol. The topological polar surface area (TPSA) is 75.7 Å². The number of ether oxygens (including phenoxy) is 1. The molecule has 6 nitrogen and oxygen atoms in total. The van der Waals surface area contributed by atoms with Crippen LogP contribution in [0.4, 0.5) is 24.5 Å². The maximum Gasteiger partial charge on any atom is 0.416 e. The van der Waals surface area contributed by atoms with Crippen molar-refractivity contribution in [3.63, 3.8) is 0 Å². The van der Waals surface area contributed by atoms with E-state index in [0.29, 0.717) is 24.0 Å². The van der Waals surface area contributed by atoms with E-state index in [2.05, 4.69) is 4.72 Å². The van der Waals surface area contributed by atoms with E-state index in [1.807, 2.05) is 13.8 Å². The predicted octanol–water partition coefficient (Wildman–Crippen LogP) is 4.91. The molecule has 1 heterocycles. The standard InChI is InChI=1S/C22H25F3N2O4S/c1-14(2)12-27-18-9-8-16(11-19(18)31-13-21(3,4)20(27)28)26-32(29,30)17-7-5-6-15(10-17)22(23,24)25/h5-11,14,26H,12-13H2,1-4H3. The molecule has 1 N–H and O–H groups in total. The van der Waals surface area contributed by atoms with Crippen molar-refractivity contribution >= 4 is 27.3 Å². The lowest BCUT2D eigenvalue weighted by molar-refractivity contribution is -0.137. The summed E-state index contributed by atoms with van der Waals surface area (Å²) in [6.45, 7) is 8.04. The molecule has 0 spiro atoms. The number of alkyl halides is 3. The van der Waals surface area contributed by atoms with Crippen molar-refractivity contribution in [3.05, 3.63) is 48.0 Å². The van der Waals surface area contributed by atoms with Crippen molar-refractivity contribution in [1.82, 2.24) is 0 Å². The number of fused-ring (bicyclic) bond motifs is 1. The molecule has 2 aromatic carbocycles. The van der Waals surface area contributed by atoms with Crippen LogP contribution in [0.3, 0.4) is 0 Å². The zero-order valence-corrected chi connectivity index (χ0v) is 19.0. The Bertz CT molecular complexity index is 1130. The normalized spacial score (nSPS) is 16.4. The number of hydrogen-bond acceptors (Lipinski definition) is 4. The van der Waals surface area contributed by atoms with Crippen molar-refractivity contribution < 1.29 is 31.1 Å². The van der Waals surface area contributed by atoms with Crippen LogP contribution in [0, 0.1) is 11.3 Å². The summed E-state index contributed by atoms with van der Waals surface area (Å²) < 4.78 is 72.4. The largest absolute Gasteiger partial charge is 0.490 e.